The summed E-state index contributed by atoms with van der Waals surface area (Å²) in [7, 11) is 0. The number of aliphatic hydroxyl groups is 1. The van der Waals surface area contributed by atoms with Crippen molar-refractivity contribution in [2.24, 2.45) is 5.92 Å². The minimum absolute atomic E-state index is 0.225. The van der Waals surface area contributed by atoms with Crippen molar-refractivity contribution >= 4 is 0 Å². The van der Waals surface area contributed by atoms with Crippen molar-refractivity contribution in [2.75, 3.05) is 0 Å². The molecule has 1 nitrogen and oxygen atoms in total. The first-order valence-electron chi connectivity index (χ1n) is 6.04. The van der Waals surface area contributed by atoms with Gasteiger partial charge in [0.25, 0.3) is 0 Å². The highest BCUT2D eigenvalue weighted by Gasteiger charge is 2.43. The Hall–Kier alpha value is -0.0400. The fourth-order valence-corrected chi connectivity index (χ4v) is 2.95. The molecule has 2 fully saturated rings. The number of rotatable bonds is 0. The maximum atomic E-state index is 10.3. The molecule has 0 bridgehead atoms. The van der Waals surface area contributed by atoms with Gasteiger partial charge in [0.2, 0.25) is 0 Å². The van der Waals surface area contributed by atoms with E-state index in [2.05, 4.69) is 0 Å². The van der Waals surface area contributed by atoms with Gasteiger partial charge in [-0.15, -0.1) is 0 Å². The summed E-state index contributed by atoms with van der Waals surface area (Å²) >= 11 is 0. The van der Waals surface area contributed by atoms with E-state index >= 15 is 0 Å². The predicted octanol–water partition coefficient (Wildman–Crippen LogP) is 3.26. The van der Waals surface area contributed by atoms with E-state index in [-0.39, 0.29) is 5.60 Å². The van der Waals surface area contributed by atoms with E-state index in [1.165, 1.54) is 51.4 Å². The molecule has 2 saturated carbocycles. The maximum absolute atomic E-state index is 10.3. The summed E-state index contributed by atoms with van der Waals surface area (Å²) in [4.78, 5) is 0. The van der Waals surface area contributed by atoms with Gasteiger partial charge in [-0.25, -0.2) is 0 Å². The molecule has 1 heteroatoms. The summed E-state index contributed by atoms with van der Waals surface area (Å²) in [6, 6.07) is 0. The first-order valence-corrected chi connectivity index (χ1v) is 6.04. The van der Waals surface area contributed by atoms with Crippen molar-refractivity contribution in [3.8, 4) is 0 Å². The number of fused-ring (bicyclic) bond motifs is 1. The molecule has 76 valence electrons. The van der Waals surface area contributed by atoms with Gasteiger partial charge < -0.3 is 5.11 Å². The quantitative estimate of drug-likeness (QED) is 0.609. The van der Waals surface area contributed by atoms with Crippen LogP contribution in [0.15, 0.2) is 0 Å². The molecule has 2 aliphatic carbocycles. The molecule has 0 spiro atoms. The van der Waals surface area contributed by atoms with E-state index in [0.29, 0.717) is 5.92 Å². The van der Waals surface area contributed by atoms with Crippen LogP contribution < -0.4 is 0 Å². The van der Waals surface area contributed by atoms with Crippen LogP contribution in [-0.2, 0) is 0 Å². The third-order valence-electron chi connectivity index (χ3n) is 4.10. The molecule has 2 aliphatic rings. The number of hydrogen-bond acceptors (Lipinski definition) is 1. The fourth-order valence-electron chi connectivity index (χ4n) is 2.95. The lowest BCUT2D eigenvalue weighted by atomic mass is 9.64. The van der Waals surface area contributed by atoms with E-state index in [1.807, 2.05) is 0 Å². The van der Waals surface area contributed by atoms with Crippen LogP contribution in [-0.4, -0.2) is 10.7 Å². The first-order chi connectivity index (χ1) is 6.31. The molecule has 1 N–H and O–H groups in total. The Labute approximate surface area is 81.5 Å². The van der Waals surface area contributed by atoms with Gasteiger partial charge in [-0.1, -0.05) is 38.5 Å². The minimum atomic E-state index is -0.225. The van der Waals surface area contributed by atoms with Crippen molar-refractivity contribution in [2.45, 2.75) is 69.8 Å². The lowest BCUT2D eigenvalue weighted by Crippen LogP contribution is -2.47. The van der Waals surface area contributed by atoms with Crippen LogP contribution >= 0.6 is 0 Å². The van der Waals surface area contributed by atoms with Crippen LogP contribution in [0.5, 0.6) is 0 Å². The largest absolute Gasteiger partial charge is 0.390 e. The van der Waals surface area contributed by atoms with Gasteiger partial charge in [-0.3, -0.25) is 0 Å². The van der Waals surface area contributed by atoms with E-state index in [9.17, 15) is 5.11 Å². The molecule has 0 aromatic rings. The highest BCUT2D eigenvalue weighted by atomic mass is 16.3. The maximum Gasteiger partial charge on any atom is 0.0676 e. The second-order valence-corrected chi connectivity index (χ2v) is 5.00. The summed E-state index contributed by atoms with van der Waals surface area (Å²) in [5.74, 6) is 0.658. The standard InChI is InChI=1S/C12H22O/c13-12-9-6-4-2-1-3-5-7-11(12)8-10-12/h11,13H,1-10H2/t11-,12+/m0/s1. The molecule has 0 aliphatic heterocycles. The van der Waals surface area contributed by atoms with Crippen molar-refractivity contribution < 1.29 is 5.11 Å². The van der Waals surface area contributed by atoms with Gasteiger partial charge in [0.05, 0.1) is 5.60 Å². The summed E-state index contributed by atoms with van der Waals surface area (Å²) in [6.07, 6.45) is 12.9. The van der Waals surface area contributed by atoms with Gasteiger partial charge in [0.15, 0.2) is 0 Å². The molecule has 0 saturated heterocycles. The van der Waals surface area contributed by atoms with Crippen LogP contribution in [0.2, 0.25) is 0 Å². The molecule has 2 rings (SSSR count). The summed E-state index contributed by atoms with van der Waals surface area (Å²) < 4.78 is 0. The van der Waals surface area contributed by atoms with Crippen LogP contribution in [0.25, 0.3) is 0 Å². The van der Waals surface area contributed by atoms with Crippen molar-refractivity contribution in [1.82, 2.24) is 0 Å². The van der Waals surface area contributed by atoms with Crippen molar-refractivity contribution in [1.29, 1.82) is 0 Å². The molecule has 13 heavy (non-hydrogen) atoms. The average molecular weight is 182 g/mol. The Kier molecular flexibility index (Phi) is 2.92. The predicted molar refractivity (Wildman–Crippen MR) is 54.6 cm³/mol. The molecule has 0 aromatic heterocycles. The molecular weight excluding hydrogens is 160 g/mol. The van der Waals surface area contributed by atoms with E-state index < -0.39 is 0 Å². The Morgan fingerprint density at radius 2 is 1.46 bits per heavy atom. The Balaban J connectivity index is 1.87. The topological polar surface area (TPSA) is 20.2 Å². The van der Waals surface area contributed by atoms with Crippen molar-refractivity contribution in [3.63, 3.8) is 0 Å². The van der Waals surface area contributed by atoms with Crippen molar-refractivity contribution in [3.05, 3.63) is 0 Å². The third kappa shape index (κ3) is 2.07. The molecule has 0 amide bonds. The molecule has 2 atom stereocenters. The van der Waals surface area contributed by atoms with E-state index in [0.717, 1.165) is 12.8 Å². The van der Waals surface area contributed by atoms with Crippen LogP contribution in [0.1, 0.15) is 64.2 Å². The Morgan fingerprint density at radius 1 is 0.769 bits per heavy atom. The molecule has 0 heterocycles. The SMILES string of the molecule is O[C@@]12CCCCCCCC[C@H]1CC2. The zero-order chi connectivity index (χ0) is 9.15. The first kappa shape index (κ1) is 9.51. The Morgan fingerprint density at radius 3 is 2.15 bits per heavy atom. The third-order valence-corrected chi connectivity index (χ3v) is 4.10. The van der Waals surface area contributed by atoms with Gasteiger partial charge in [0.1, 0.15) is 0 Å². The fraction of sp³-hybridized carbons (Fsp3) is 1.00. The molecule has 0 radical (unpaired) electrons. The summed E-state index contributed by atoms with van der Waals surface area (Å²) in [6.45, 7) is 0. The van der Waals surface area contributed by atoms with E-state index in [1.54, 1.807) is 0 Å². The van der Waals surface area contributed by atoms with Gasteiger partial charge in [0, 0.05) is 0 Å². The minimum Gasteiger partial charge on any atom is -0.390 e. The van der Waals surface area contributed by atoms with Crippen LogP contribution in [0, 0.1) is 5.92 Å². The second kappa shape index (κ2) is 4.00. The van der Waals surface area contributed by atoms with Gasteiger partial charge in [-0.2, -0.15) is 0 Å². The lowest BCUT2D eigenvalue weighted by molar-refractivity contribution is -0.106. The highest BCUT2D eigenvalue weighted by Crippen LogP contribution is 2.45. The van der Waals surface area contributed by atoms with Crippen LogP contribution in [0.3, 0.4) is 0 Å². The zero-order valence-electron chi connectivity index (χ0n) is 8.60. The van der Waals surface area contributed by atoms with Gasteiger partial charge in [-0.05, 0) is 31.6 Å². The smallest absolute Gasteiger partial charge is 0.0676 e. The molecular formula is C12H22O. The lowest BCUT2D eigenvalue weighted by Gasteiger charge is -2.46. The molecule has 0 aromatic carbocycles. The normalized spacial score (nSPS) is 41.8. The second-order valence-electron chi connectivity index (χ2n) is 5.00. The summed E-state index contributed by atoms with van der Waals surface area (Å²) in [5, 5.41) is 10.3. The summed E-state index contributed by atoms with van der Waals surface area (Å²) in [5.41, 5.74) is -0.225. The monoisotopic (exact) mass is 182 g/mol. The zero-order valence-corrected chi connectivity index (χ0v) is 8.60. The molecule has 0 unspecified atom stereocenters. The average Bonchev–Trinajstić information content (AvgIpc) is 2.12. The van der Waals surface area contributed by atoms with Gasteiger partial charge >= 0.3 is 0 Å². The highest BCUT2D eigenvalue weighted by molar-refractivity contribution is 4.95. The Bertz CT molecular complexity index is 167. The van der Waals surface area contributed by atoms with E-state index in [4.69, 9.17) is 0 Å². The van der Waals surface area contributed by atoms with Crippen LogP contribution in [0.4, 0.5) is 0 Å². The number of hydrogen-bond donors (Lipinski definition) is 1.